The molecule has 0 aliphatic carbocycles. The second-order valence-corrected chi connectivity index (χ2v) is 5.57. The summed E-state index contributed by atoms with van der Waals surface area (Å²) in [6, 6.07) is 2.00. The zero-order valence-corrected chi connectivity index (χ0v) is 12.2. The first kappa shape index (κ1) is 16.2. The van der Waals surface area contributed by atoms with Gasteiger partial charge in [0.1, 0.15) is 0 Å². The van der Waals surface area contributed by atoms with E-state index in [1.54, 1.807) is 27.7 Å². The summed E-state index contributed by atoms with van der Waals surface area (Å²) in [4.78, 5) is 10.1. The molecule has 2 N–H and O–H groups in total. The molecular weight excluding hydrogens is 267 g/mol. The molecule has 0 aliphatic heterocycles. The third-order valence-corrected chi connectivity index (χ3v) is 3.44. The van der Waals surface area contributed by atoms with E-state index in [0.717, 1.165) is 6.07 Å². The Balaban J connectivity index is 3.25. The van der Waals surface area contributed by atoms with Crippen LogP contribution < -0.4 is 10.1 Å². The fraction of sp³-hybridized carbons (Fsp3) is 0.538. The molecule has 0 saturated heterocycles. The minimum atomic E-state index is -1.13. The molecule has 0 amide bonds. The van der Waals surface area contributed by atoms with E-state index in [4.69, 9.17) is 4.74 Å². The molecule has 1 rings (SSSR count). The average molecular weight is 286 g/mol. The Labute approximate surface area is 116 Å². The van der Waals surface area contributed by atoms with Crippen molar-refractivity contribution in [1.29, 1.82) is 0 Å². The van der Waals surface area contributed by atoms with Crippen LogP contribution >= 0.6 is 0 Å². The van der Waals surface area contributed by atoms with E-state index in [-0.39, 0.29) is 11.4 Å². The van der Waals surface area contributed by atoms with Crippen LogP contribution in [0.2, 0.25) is 0 Å². The van der Waals surface area contributed by atoms with Crippen molar-refractivity contribution < 1.29 is 19.2 Å². The number of halogens is 1. The van der Waals surface area contributed by atoms with Crippen molar-refractivity contribution in [2.24, 2.45) is 0 Å². The molecule has 0 radical (unpaired) electrons. The summed E-state index contributed by atoms with van der Waals surface area (Å²) in [5, 5.41) is 23.7. The van der Waals surface area contributed by atoms with E-state index in [1.165, 1.54) is 13.2 Å². The lowest BCUT2D eigenvalue weighted by molar-refractivity contribution is -0.385. The Hall–Kier alpha value is -1.89. The minimum absolute atomic E-state index is 0.0274. The first-order valence-electron chi connectivity index (χ1n) is 6.02. The fourth-order valence-electron chi connectivity index (χ4n) is 1.43. The van der Waals surface area contributed by atoms with E-state index >= 15 is 0 Å². The number of hydrogen-bond donors (Lipinski definition) is 2. The van der Waals surface area contributed by atoms with Crippen LogP contribution in [0, 0.1) is 15.9 Å². The molecule has 0 saturated carbocycles. The van der Waals surface area contributed by atoms with Gasteiger partial charge >= 0.3 is 5.69 Å². The van der Waals surface area contributed by atoms with Crippen molar-refractivity contribution in [3.05, 3.63) is 28.1 Å². The van der Waals surface area contributed by atoms with Crippen molar-refractivity contribution >= 4 is 11.4 Å². The highest BCUT2D eigenvalue weighted by Gasteiger charge is 2.36. The summed E-state index contributed by atoms with van der Waals surface area (Å²) >= 11 is 0. The summed E-state index contributed by atoms with van der Waals surface area (Å²) in [6.07, 6.45) is 0. The molecule has 0 spiro atoms. The lowest BCUT2D eigenvalue weighted by Crippen LogP contribution is -2.51. The smallest absolute Gasteiger partial charge is 0.313 e. The topological polar surface area (TPSA) is 84.6 Å². The number of aliphatic hydroxyl groups is 1. The molecule has 0 heterocycles. The van der Waals surface area contributed by atoms with Gasteiger partial charge in [0.05, 0.1) is 34.9 Å². The molecule has 0 atom stereocenters. The third-order valence-electron chi connectivity index (χ3n) is 3.44. The van der Waals surface area contributed by atoms with Crippen LogP contribution in [0.4, 0.5) is 15.8 Å². The van der Waals surface area contributed by atoms with Gasteiger partial charge in [-0.25, -0.2) is 4.39 Å². The number of methoxy groups -OCH3 is 1. The standard InChI is InChI=1S/C13H19FN2O4/c1-12(2,13(3,4)17)15-9-7-11(20-5)10(16(18)19)6-8(9)14/h6-7,15,17H,1-5H3. The summed E-state index contributed by atoms with van der Waals surface area (Å²) in [7, 11) is 1.27. The van der Waals surface area contributed by atoms with Gasteiger partial charge in [0.25, 0.3) is 0 Å². The van der Waals surface area contributed by atoms with Crippen molar-refractivity contribution in [3.63, 3.8) is 0 Å². The van der Waals surface area contributed by atoms with E-state index in [9.17, 15) is 19.6 Å². The Morgan fingerprint density at radius 1 is 1.35 bits per heavy atom. The average Bonchev–Trinajstić information content (AvgIpc) is 2.29. The first-order valence-corrected chi connectivity index (χ1v) is 6.02. The third kappa shape index (κ3) is 3.16. The molecule has 1 aromatic carbocycles. The number of nitrogens with zero attached hydrogens (tertiary/aromatic N) is 1. The van der Waals surface area contributed by atoms with Crippen LogP contribution in [0.25, 0.3) is 0 Å². The molecular formula is C13H19FN2O4. The summed E-state index contributed by atoms with van der Waals surface area (Å²) in [5.41, 5.74) is -2.40. The van der Waals surface area contributed by atoms with Gasteiger partial charge in [0, 0.05) is 6.07 Å². The van der Waals surface area contributed by atoms with Crippen LogP contribution in [0.15, 0.2) is 12.1 Å². The quantitative estimate of drug-likeness (QED) is 0.642. The normalized spacial score (nSPS) is 12.2. The molecule has 1 aromatic rings. The van der Waals surface area contributed by atoms with Crippen molar-refractivity contribution in [1.82, 2.24) is 0 Å². The highest BCUT2D eigenvalue weighted by Crippen LogP contribution is 2.35. The van der Waals surface area contributed by atoms with Gasteiger partial charge in [-0.1, -0.05) is 0 Å². The molecule has 0 unspecified atom stereocenters. The predicted octanol–water partition coefficient (Wildman–Crippen LogP) is 2.70. The maximum Gasteiger partial charge on any atom is 0.313 e. The van der Waals surface area contributed by atoms with E-state index in [2.05, 4.69) is 5.32 Å². The molecule has 0 fully saturated rings. The Bertz CT molecular complexity index is 524. The van der Waals surface area contributed by atoms with E-state index in [0.29, 0.717) is 0 Å². The van der Waals surface area contributed by atoms with Gasteiger partial charge in [0.15, 0.2) is 11.6 Å². The first-order chi connectivity index (χ1) is 8.99. The number of nitro benzene ring substituents is 1. The highest BCUT2D eigenvalue weighted by atomic mass is 19.1. The second kappa shape index (κ2) is 5.24. The van der Waals surface area contributed by atoms with Gasteiger partial charge in [-0.15, -0.1) is 0 Å². The molecule has 112 valence electrons. The zero-order chi connectivity index (χ0) is 15.7. The lowest BCUT2D eigenvalue weighted by atomic mass is 9.85. The molecule has 0 aliphatic rings. The zero-order valence-electron chi connectivity index (χ0n) is 12.2. The number of nitro groups is 1. The molecule has 0 bridgehead atoms. The Kier molecular flexibility index (Phi) is 4.24. The summed E-state index contributed by atoms with van der Waals surface area (Å²) in [5.74, 6) is -0.833. The van der Waals surface area contributed by atoms with Crippen LogP contribution in [0.3, 0.4) is 0 Å². The number of ether oxygens (including phenoxy) is 1. The van der Waals surface area contributed by atoms with Crippen molar-refractivity contribution in [2.45, 2.75) is 38.8 Å². The molecule has 7 heteroatoms. The van der Waals surface area contributed by atoms with Crippen LogP contribution in [0.5, 0.6) is 5.75 Å². The number of rotatable bonds is 5. The van der Waals surface area contributed by atoms with E-state index < -0.39 is 27.6 Å². The molecule has 0 aromatic heterocycles. The lowest BCUT2D eigenvalue weighted by Gasteiger charge is -2.39. The molecule has 20 heavy (non-hydrogen) atoms. The predicted molar refractivity (Wildman–Crippen MR) is 73.6 cm³/mol. The SMILES string of the molecule is COc1cc(NC(C)(C)C(C)(C)O)c(F)cc1[N+](=O)[O-]. The number of benzene rings is 1. The van der Waals surface area contributed by atoms with Crippen LogP contribution in [-0.2, 0) is 0 Å². The summed E-state index contributed by atoms with van der Waals surface area (Å²) in [6.45, 7) is 6.56. The number of nitrogens with one attached hydrogen (secondary N) is 1. The van der Waals surface area contributed by atoms with Gasteiger partial charge in [-0.05, 0) is 27.7 Å². The Morgan fingerprint density at radius 2 is 1.90 bits per heavy atom. The highest BCUT2D eigenvalue weighted by molar-refractivity contribution is 5.60. The monoisotopic (exact) mass is 286 g/mol. The maximum atomic E-state index is 13.9. The Morgan fingerprint density at radius 3 is 2.30 bits per heavy atom. The maximum absolute atomic E-state index is 13.9. The second-order valence-electron chi connectivity index (χ2n) is 5.57. The molecule has 6 nitrogen and oxygen atoms in total. The van der Waals surface area contributed by atoms with Crippen molar-refractivity contribution in [3.8, 4) is 5.75 Å². The van der Waals surface area contributed by atoms with E-state index in [1.807, 2.05) is 0 Å². The number of anilines is 1. The fourth-order valence-corrected chi connectivity index (χ4v) is 1.43. The van der Waals surface area contributed by atoms with Crippen LogP contribution in [0.1, 0.15) is 27.7 Å². The van der Waals surface area contributed by atoms with Gasteiger partial charge in [-0.3, -0.25) is 10.1 Å². The summed E-state index contributed by atoms with van der Waals surface area (Å²) < 4.78 is 18.8. The van der Waals surface area contributed by atoms with Crippen molar-refractivity contribution in [2.75, 3.05) is 12.4 Å². The van der Waals surface area contributed by atoms with Crippen LogP contribution in [-0.4, -0.2) is 28.3 Å². The number of hydrogen-bond acceptors (Lipinski definition) is 5. The largest absolute Gasteiger partial charge is 0.490 e. The van der Waals surface area contributed by atoms with Gasteiger partial charge in [-0.2, -0.15) is 0 Å². The minimum Gasteiger partial charge on any atom is -0.490 e. The van der Waals surface area contributed by atoms with Gasteiger partial charge < -0.3 is 15.2 Å². The van der Waals surface area contributed by atoms with Gasteiger partial charge in [0.2, 0.25) is 0 Å².